The smallest absolute Gasteiger partial charge is 0.329 e. The Morgan fingerprint density at radius 1 is 1.35 bits per heavy atom. The van der Waals surface area contributed by atoms with Crippen LogP contribution in [0.25, 0.3) is 0 Å². The number of hydrogen-bond donors (Lipinski definition) is 1. The third-order valence-electron chi connectivity index (χ3n) is 3.21. The Labute approximate surface area is 99.4 Å². The van der Waals surface area contributed by atoms with Crippen molar-refractivity contribution in [2.75, 3.05) is 19.6 Å². The summed E-state index contributed by atoms with van der Waals surface area (Å²) in [6.07, 6.45) is -2.60. The maximum Gasteiger partial charge on any atom is 0.405 e. The van der Waals surface area contributed by atoms with Crippen molar-refractivity contribution < 1.29 is 18.0 Å². The second-order valence-electron chi connectivity index (χ2n) is 4.84. The SMILES string of the molecule is CC(C)C1CCN(C(=O)NCC(F)(F)F)CC1. The summed E-state index contributed by atoms with van der Waals surface area (Å²) >= 11 is 0. The largest absolute Gasteiger partial charge is 0.405 e. The van der Waals surface area contributed by atoms with Crippen LogP contribution in [0.2, 0.25) is 0 Å². The van der Waals surface area contributed by atoms with Gasteiger partial charge in [-0.25, -0.2) is 4.79 Å². The summed E-state index contributed by atoms with van der Waals surface area (Å²) in [5, 5.41) is 1.90. The lowest BCUT2D eigenvalue weighted by Crippen LogP contribution is -2.47. The fourth-order valence-electron chi connectivity index (χ4n) is 2.06. The molecule has 2 amide bonds. The highest BCUT2D eigenvalue weighted by Crippen LogP contribution is 2.24. The normalized spacial score (nSPS) is 18.6. The molecule has 0 aromatic heterocycles. The van der Waals surface area contributed by atoms with E-state index < -0.39 is 18.8 Å². The summed E-state index contributed by atoms with van der Waals surface area (Å²) in [4.78, 5) is 12.9. The predicted octanol–water partition coefficient (Wildman–Crippen LogP) is 2.63. The van der Waals surface area contributed by atoms with Crippen LogP contribution in [0.15, 0.2) is 0 Å². The fraction of sp³-hybridized carbons (Fsp3) is 0.909. The van der Waals surface area contributed by atoms with Gasteiger partial charge in [0.15, 0.2) is 0 Å². The van der Waals surface area contributed by atoms with Crippen molar-refractivity contribution in [1.82, 2.24) is 10.2 Å². The minimum atomic E-state index is -4.34. The number of hydrogen-bond acceptors (Lipinski definition) is 1. The van der Waals surface area contributed by atoms with E-state index in [-0.39, 0.29) is 0 Å². The van der Waals surface area contributed by atoms with Crippen LogP contribution in [0, 0.1) is 11.8 Å². The molecular weight excluding hydrogens is 233 g/mol. The van der Waals surface area contributed by atoms with E-state index in [4.69, 9.17) is 0 Å². The first kappa shape index (κ1) is 14.1. The lowest BCUT2D eigenvalue weighted by atomic mass is 9.87. The lowest BCUT2D eigenvalue weighted by molar-refractivity contribution is -0.123. The number of rotatable bonds is 2. The molecule has 100 valence electrons. The standard InChI is InChI=1S/C11H19F3N2O/c1-8(2)9-3-5-16(6-4-9)10(17)15-7-11(12,13)14/h8-9H,3-7H2,1-2H3,(H,15,17). The van der Waals surface area contributed by atoms with Crippen LogP contribution in [0.3, 0.4) is 0 Å². The van der Waals surface area contributed by atoms with Gasteiger partial charge in [-0.3, -0.25) is 0 Å². The molecule has 1 fully saturated rings. The van der Waals surface area contributed by atoms with Gasteiger partial charge in [0, 0.05) is 13.1 Å². The molecule has 0 aromatic carbocycles. The maximum absolute atomic E-state index is 11.9. The van der Waals surface area contributed by atoms with Crippen molar-refractivity contribution in [3.8, 4) is 0 Å². The second kappa shape index (κ2) is 5.60. The summed E-state index contributed by atoms with van der Waals surface area (Å²) in [6, 6.07) is -0.607. The van der Waals surface area contributed by atoms with Gasteiger partial charge >= 0.3 is 12.2 Å². The molecule has 1 rings (SSSR count). The molecule has 3 nitrogen and oxygen atoms in total. The number of amides is 2. The van der Waals surface area contributed by atoms with Crippen molar-refractivity contribution in [2.24, 2.45) is 11.8 Å². The summed E-state index contributed by atoms with van der Waals surface area (Å²) in [5.74, 6) is 1.14. The zero-order chi connectivity index (χ0) is 13.1. The van der Waals surface area contributed by atoms with E-state index >= 15 is 0 Å². The molecule has 0 aliphatic carbocycles. The van der Waals surface area contributed by atoms with E-state index in [9.17, 15) is 18.0 Å². The van der Waals surface area contributed by atoms with Gasteiger partial charge in [-0.1, -0.05) is 13.8 Å². The molecule has 1 heterocycles. The average molecular weight is 252 g/mol. The molecule has 0 aromatic rings. The van der Waals surface area contributed by atoms with Gasteiger partial charge in [-0.2, -0.15) is 13.2 Å². The zero-order valence-corrected chi connectivity index (χ0v) is 10.2. The maximum atomic E-state index is 11.9. The van der Waals surface area contributed by atoms with Gasteiger partial charge in [0.05, 0.1) is 0 Å². The van der Waals surface area contributed by atoms with Crippen molar-refractivity contribution in [1.29, 1.82) is 0 Å². The van der Waals surface area contributed by atoms with Gasteiger partial charge in [-0.15, -0.1) is 0 Å². The van der Waals surface area contributed by atoms with Crippen LogP contribution in [-0.4, -0.2) is 36.7 Å². The molecule has 0 bridgehead atoms. The second-order valence-corrected chi connectivity index (χ2v) is 4.84. The molecule has 6 heteroatoms. The first-order chi connectivity index (χ1) is 7.79. The van der Waals surface area contributed by atoms with Crippen LogP contribution < -0.4 is 5.32 Å². The van der Waals surface area contributed by atoms with E-state index in [0.29, 0.717) is 24.9 Å². The van der Waals surface area contributed by atoms with E-state index in [2.05, 4.69) is 13.8 Å². The number of urea groups is 1. The van der Waals surface area contributed by atoms with Crippen molar-refractivity contribution in [2.45, 2.75) is 32.9 Å². The number of alkyl halides is 3. The molecule has 17 heavy (non-hydrogen) atoms. The zero-order valence-electron chi connectivity index (χ0n) is 10.2. The first-order valence-electron chi connectivity index (χ1n) is 5.89. The molecule has 0 unspecified atom stereocenters. The summed E-state index contributed by atoms with van der Waals surface area (Å²) in [6.45, 7) is 4.10. The Morgan fingerprint density at radius 2 is 1.88 bits per heavy atom. The summed E-state index contributed by atoms with van der Waals surface area (Å²) < 4.78 is 35.8. The molecule has 0 spiro atoms. The van der Waals surface area contributed by atoms with Gasteiger partial charge in [-0.05, 0) is 24.7 Å². The summed E-state index contributed by atoms with van der Waals surface area (Å²) in [7, 11) is 0. The number of piperidine rings is 1. The van der Waals surface area contributed by atoms with Crippen LogP contribution >= 0.6 is 0 Å². The van der Waals surface area contributed by atoms with Crippen LogP contribution in [0.5, 0.6) is 0 Å². The van der Waals surface area contributed by atoms with Crippen LogP contribution in [-0.2, 0) is 0 Å². The molecule has 0 radical (unpaired) electrons. The first-order valence-corrected chi connectivity index (χ1v) is 5.89. The third-order valence-corrected chi connectivity index (χ3v) is 3.21. The molecule has 0 atom stereocenters. The summed E-state index contributed by atoms with van der Waals surface area (Å²) in [5.41, 5.74) is 0. The van der Waals surface area contributed by atoms with E-state index in [0.717, 1.165) is 12.8 Å². The molecule has 1 aliphatic heterocycles. The predicted molar refractivity (Wildman–Crippen MR) is 58.6 cm³/mol. The molecule has 1 N–H and O–H groups in total. The van der Waals surface area contributed by atoms with Crippen LogP contribution in [0.4, 0.5) is 18.0 Å². The number of nitrogens with zero attached hydrogens (tertiary/aromatic N) is 1. The monoisotopic (exact) mass is 252 g/mol. The number of likely N-dealkylation sites (tertiary alicyclic amines) is 1. The third kappa shape index (κ3) is 4.83. The van der Waals surface area contributed by atoms with Gasteiger partial charge < -0.3 is 10.2 Å². The fourth-order valence-corrected chi connectivity index (χ4v) is 2.06. The molecule has 0 saturated carbocycles. The number of nitrogens with one attached hydrogen (secondary N) is 1. The minimum Gasteiger partial charge on any atom is -0.329 e. The topological polar surface area (TPSA) is 32.3 Å². The molecular formula is C11H19F3N2O. The molecule has 1 saturated heterocycles. The Hall–Kier alpha value is -0.940. The Morgan fingerprint density at radius 3 is 2.29 bits per heavy atom. The van der Waals surface area contributed by atoms with Crippen molar-refractivity contribution in [3.05, 3.63) is 0 Å². The van der Waals surface area contributed by atoms with Gasteiger partial charge in [0.25, 0.3) is 0 Å². The number of halogens is 3. The molecule has 1 aliphatic rings. The van der Waals surface area contributed by atoms with Crippen LogP contribution in [0.1, 0.15) is 26.7 Å². The minimum absolute atomic E-state index is 0.548. The van der Waals surface area contributed by atoms with Crippen molar-refractivity contribution >= 4 is 6.03 Å². The highest BCUT2D eigenvalue weighted by Gasteiger charge is 2.30. The Kier molecular flexibility index (Phi) is 4.65. The highest BCUT2D eigenvalue weighted by molar-refractivity contribution is 5.74. The number of carbonyl (C=O) groups is 1. The lowest BCUT2D eigenvalue weighted by Gasteiger charge is -2.33. The van der Waals surface area contributed by atoms with E-state index in [1.165, 1.54) is 4.90 Å². The van der Waals surface area contributed by atoms with Crippen molar-refractivity contribution in [3.63, 3.8) is 0 Å². The van der Waals surface area contributed by atoms with Gasteiger partial charge in [0.2, 0.25) is 0 Å². The van der Waals surface area contributed by atoms with E-state index in [1.807, 2.05) is 5.32 Å². The highest BCUT2D eigenvalue weighted by atomic mass is 19.4. The quantitative estimate of drug-likeness (QED) is 0.805. The Balaban J connectivity index is 2.31. The Bertz CT molecular complexity index is 258. The van der Waals surface area contributed by atoms with E-state index in [1.54, 1.807) is 0 Å². The average Bonchev–Trinajstić information content (AvgIpc) is 2.25. The van der Waals surface area contributed by atoms with Gasteiger partial charge in [0.1, 0.15) is 6.54 Å². The number of carbonyl (C=O) groups excluding carboxylic acids is 1.